The minimum Gasteiger partial charge on any atom is -0.384 e. The summed E-state index contributed by atoms with van der Waals surface area (Å²) in [5.41, 5.74) is 6.86. The molecule has 0 spiro atoms. The number of aromatic nitrogens is 2. The first kappa shape index (κ1) is 31.8. The number of nitrogens with zero attached hydrogens (tertiary/aromatic N) is 2. The van der Waals surface area contributed by atoms with Gasteiger partial charge >= 0.3 is 10.4 Å². The molecule has 4 rings (SSSR count). The number of unbranched alkanes of at least 4 members (excludes halogenated alkanes) is 3. The number of benzene rings is 2. The lowest BCUT2D eigenvalue weighted by Gasteiger charge is -2.12. The first-order chi connectivity index (χ1) is 18.9. The number of anilines is 2. The zero-order valence-electron chi connectivity index (χ0n) is 23.6. The SMILES string of the molecule is COS(=O)(=O)O.Cc1cc(NCCCCCCNc2cc(C)[n+](C)c3c(Cl)cccc23)c2cccc(Cl)c2[n+]1C. The second-order valence-electron chi connectivity index (χ2n) is 9.65. The zero-order valence-corrected chi connectivity index (χ0v) is 25.9. The minimum absolute atomic E-state index is 0.789. The quantitative estimate of drug-likeness (QED) is 0.115. The molecule has 0 aliphatic rings. The van der Waals surface area contributed by atoms with E-state index in [2.05, 4.69) is 76.2 Å². The predicted molar refractivity (Wildman–Crippen MR) is 164 cm³/mol. The van der Waals surface area contributed by atoms with Crippen LogP contribution < -0.4 is 19.8 Å². The largest absolute Gasteiger partial charge is 0.397 e. The summed E-state index contributed by atoms with van der Waals surface area (Å²) >= 11 is 13.0. The van der Waals surface area contributed by atoms with Crippen molar-refractivity contribution >= 4 is 66.8 Å². The van der Waals surface area contributed by atoms with Crippen LogP contribution in [0.4, 0.5) is 11.4 Å². The fraction of sp³-hybridized carbons (Fsp3) is 0.379. The van der Waals surface area contributed by atoms with Crippen LogP contribution in [0.5, 0.6) is 0 Å². The molecule has 0 saturated heterocycles. The Morgan fingerprint density at radius 3 is 1.50 bits per heavy atom. The van der Waals surface area contributed by atoms with E-state index in [-0.39, 0.29) is 0 Å². The Balaban J connectivity index is 0.000000663. The van der Waals surface area contributed by atoms with Crippen molar-refractivity contribution in [3.8, 4) is 0 Å². The lowest BCUT2D eigenvalue weighted by atomic mass is 10.1. The van der Waals surface area contributed by atoms with Gasteiger partial charge in [-0.05, 0) is 37.1 Å². The monoisotopic (exact) mass is 608 g/mol. The molecule has 0 unspecified atom stereocenters. The molecule has 0 aliphatic carbocycles. The van der Waals surface area contributed by atoms with E-state index >= 15 is 0 Å². The van der Waals surface area contributed by atoms with Crippen molar-refractivity contribution in [1.29, 1.82) is 0 Å². The number of rotatable bonds is 10. The van der Waals surface area contributed by atoms with E-state index in [0.29, 0.717) is 0 Å². The summed E-state index contributed by atoms with van der Waals surface area (Å²) in [5, 5.41) is 11.2. The van der Waals surface area contributed by atoms with Crippen LogP contribution in [-0.2, 0) is 28.7 Å². The molecule has 0 aliphatic heterocycles. The van der Waals surface area contributed by atoms with E-state index in [0.717, 1.165) is 65.5 Å². The van der Waals surface area contributed by atoms with E-state index in [1.165, 1.54) is 35.0 Å². The van der Waals surface area contributed by atoms with Crippen LogP contribution in [0.2, 0.25) is 10.0 Å². The molecule has 0 atom stereocenters. The average molecular weight is 610 g/mol. The van der Waals surface area contributed by atoms with E-state index in [4.69, 9.17) is 27.8 Å². The molecule has 11 heteroatoms. The normalized spacial score (nSPS) is 11.4. The summed E-state index contributed by atoms with van der Waals surface area (Å²) in [5.74, 6) is 0. The molecule has 2 heterocycles. The van der Waals surface area contributed by atoms with Crippen molar-refractivity contribution in [2.24, 2.45) is 14.1 Å². The second-order valence-corrected chi connectivity index (χ2v) is 11.7. The first-order valence-corrected chi connectivity index (χ1v) is 15.2. The van der Waals surface area contributed by atoms with Crippen molar-refractivity contribution in [3.63, 3.8) is 0 Å². The number of aryl methyl sites for hydroxylation is 4. The lowest BCUT2D eigenvalue weighted by Crippen LogP contribution is -2.33. The smallest absolute Gasteiger partial charge is 0.384 e. The molecule has 0 bridgehead atoms. The van der Waals surface area contributed by atoms with Crippen molar-refractivity contribution in [2.75, 3.05) is 30.8 Å². The first-order valence-electron chi connectivity index (χ1n) is 13.1. The van der Waals surface area contributed by atoms with Gasteiger partial charge in [0.1, 0.15) is 24.1 Å². The van der Waals surface area contributed by atoms with Gasteiger partial charge in [-0.15, -0.1) is 0 Å². The second kappa shape index (κ2) is 14.3. The average Bonchev–Trinajstić information content (AvgIpc) is 2.90. The maximum atomic E-state index is 9.33. The van der Waals surface area contributed by atoms with Crippen LogP contribution in [-0.4, -0.2) is 33.2 Å². The number of para-hydroxylation sites is 2. The third-order valence-corrected chi connectivity index (χ3v) is 7.97. The van der Waals surface area contributed by atoms with E-state index in [9.17, 15) is 8.42 Å². The molecule has 0 saturated carbocycles. The van der Waals surface area contributed by atoms with Gasteiger partial charge in [0, 0.05) is 39.1 Å². The van der Waals surface area contributed by atoms with Crippen LogP contribution in [0, 0.1) is 13.8 Å². The van der Waals surface area contributed by atoms with Crippen molar-refractivity contribution in [1.82, 2.24) is 0 Å². The summed E-state index contributed by atoms with van der Waals surface area (Å²) in [4.78, 5) is 0. The third-order valence-electron chi connectivity index (χ3n) is 6.93. The van der Waals surface area contributed by atoms with Crippen LogP contribution in [0.15, 0.2) is 48.5 Å². The maximum Gasteiger partial charge on any atom is 0.397 e. The number of pyridine rings is 2. The van der Waals surface area contributed by atoms with Gasteiger partial charge in [-0.3, -0.25) is 8.74 Å². The van der Waals surface area contributed by atoms with Gasteiger partial charge in [-0.25, -0.2) is 0 Å². The molecule has 4 aromatic rings. The van der Waals surface area contributed by atoms with Gasteiger partial charge in [0.15, 0.2) is 11.4 Å². The molecule has 40 heavy (non-hydrogen) atoms. The summed E-state index contributed by atoms with van der Waals surface area (Å²) in [6.07, 6.45) is 4.67. The highest BCUT2D eigenvalue weighted by Gasteiger charge is 2.17. The minimum atomic E-state index is -4.16. The van der Waals surface area contributed by atoms with Crippen molar-refractivity contribution in [3.05, 3.63) is 70.0 Å². The highest BCUT2D eigenvalue weighted by molar-refractivity contribution is 7.80. The molecule has 0 amide bonds. The molecule has 3 N–H and O–H groups in total. The molecule has 0 fully saturated rings. The number of halogens is 2. The summed E-state index contributed by atoms with van der Waals surface area (Å²) < 4.78 is 34.0. The number of hydrogen-bond donors (Lipinski definition) is 3. The van der Waals surface area contributed by atoms with Crippen molar-refractivity contribution in [2.45, 2.75) is 39.5 Å². The lowest BCUT2D eigenvalue weighted by molar-refractivity contribution is -0.651. The van der Waals surface area contributed by atoms with Crippen LogP contribution in [0.25, 0.3) is 21.8 Å². The number of nitrogens with one attached hydrogen (secondary N) is 2. The maximum absolute atomic E-state index is 9.33. The fourth-order valence-electron chi connectivity index (χ4n) is 4.61. The highest BCUT2D eigenvalue weighted by Crippen LogP contribution is 2.28. The Labute approximate surface area is 246 Å². The van der Waals surface area contributed by atoms with Crippen LogP contribution >= 0.6 is 23.2 Å². The Bertz CT molecular complexity index is 1490. The molecular formula is C29H38Cl2N4O4S+2. The number of fused-ring (bicyclic) bond motifs is 2. The topological polar surface area (TPSA) is 95.4 Å². The Morgan fingerprint density at radius 2 is 1.15 bits per heavy atom. The molecule has 2 aromatic carbocycles. The Kier molecular flexibility index (Phi) is 11.4. The summed E-state index contributed by atoms with van der Waals surface area (Å²) in [7, 11) is 0.838. The van der Waals surface area contributed by atoms with Gasteiger partial charge in [-0.2, -0.15) is 17.6 Å². The Hall–Kier alpha value is -2.69. The van der Waals surface area contributed by atoms with Gasteiger partial charge < -0.3 is 10.6 Å². The van der Waals surface area contributed by atoms with E-state index < -0.39 is 10.4 Å². The molecule has 216 valence electrons. The van der Waals surface area contributed by atoms with Crippen LogP contribution in [0.3, 0.4) is 0 Å². The van der Waals surface area contributed by atoms with Gasteiger partial charge in [0.2, 0.25) is 11.0 Å². The van der Waals surface area contributed by atoms with Gasteiger partial charge in [0.25, 0.3) is 0 Å². The molecule has 0 radical (unpaired) electrons. The number of hydrogen-bond acceptors (Lipinski definition) is 5. The molecular weight excluding hydrogens is 571 g/mol. The van der Waals surface area contributed by atoms with E-state index in [1.54, 1.807) is 0 Å². The van der Waals surface area contributed by atoms with E-state index in [1.807, 2.05) is 24.3 Å². The highest BCUT2D eigenvalue weighted by atomic mass is 35.5. The molecule has 8 nitrogen and oxygen atoms in total. The molecule has 2 aromatic heterocycles. The zero-order chi connectivity index (χ0) is 29.4. The van der Waals surface area contributed by atoms with Crippen molar-refractivity contribution < 1.29 is 26.3 Å². The summed E-state index contributed by atoms with van der Waals surface area (Å²) in [6.45, 7) is 6.15. The standard InChI is InChI=1S/C28H32Cl2N4.CH4O4S/c1-19-17-25(21-11-9-13-23(29)27(21)33(19)3)31-15-7-5-6-8-16-32-26-18-20(2)34(4)28-22(26)12-10-14-24(28)30;1-5-6(2,3)4/h9-14,17-18H,5-8,15-16H2,1-4H3;1H3,(H,2,3,4)/p+2. The fourth-order valence-corrected chi connectivity index (χ4v) is 5.21. The van der Waals surface area contributed by atoms with Gasteiger partial charge in [0.05, 0.1) is 29.3 Å². The third kappa shape index (κ3) is 8.17. The van der Waals surface area contributed by atoms with Gasteiger partial charge in [-0.1, -0.05) is 48.2 Å². The van der Waals surface area contributed by atoms with Crippen LogP contribution in [0.1, 0.15) is 37.1 Å². The Morgan fingerprint density at radius 1 is 0.775 bits per heavy atom. The summed E-state index contributed by atoms with van der Waals surface area (Å²) in [6, 6.07) is 16.6. The predicted octanol–water partition coefficient (Wildman–Crippen LogP) is 6.09.